The molecule has 0 saturated carbocycles. The Bertz CT molecular complexity index is 1030. The summed E-state index contributed by atoms with van der Waals surface area (Å²) in [4.78, 5) is 3.59. The van der Waals surface area contributed by atoms with Crippen LogP contribution in [-0.2, 0) is 6.42 Å². The Morgan fingerprint density at radius 3 is 2.35 bits per heavy atom. The van der Waals surface area contributed by atoms with E-state index in [1.54, 1.807) is 7.11 Å². The first-order chi connectivity index (χ1) is 12.8. The number of methoxy groups -OCH3 is 1. The zero-order valence-electron chi connectivity index (χ0n) is 14.8. The number of allylic oxidation sites excluding steroid dienone is 1. The van der Waals surface area contributed by atoms with Crippen molar-refractivity contribution in [1.82, 2.24) is 4.98 Å². The summed E-state index contributed by atoms with van der Waals surface area (Å²) >= 11 is 0. The van der Waals surface area contributed by atoms with Crippen LogP contribution in [0.2, 0.25) is 0 Å². The van der Waals surface area contributed by atoms with Crippen molar-refractivity contribution in [2.75, 3.05) is 7.11 Å². The molecule has 2 nitrogen and oxygen atoms in total. The fraction of sp³-hybridized carbons (Fsp3) is 0.0833. The average molecular weight is 339 g/mol. The van der Waals surface area contributed by atoms with E-state index < -0.39 is 0 Å². The van der Waals surface area contributed by atoms with Crippen LogP contribution < -0.4 is 4.74 Å². The number of aromatic nitrogens is 1. The van der Waals surface area contributed by atoms with Gasteiger partial charge < -0.3 is 9.72 Å². The maximum Gasteiger partial charge on any atom is 0.118 e. The highest BCUT2D eigenvalue weighted by Gasteiger charge is 2.11. The summed E-state index contributed by atoms with van der Waals surface area (Å²) in [7, 11) is 1.69. The van der Waals surface area contributed by atoms with E-state index in [0.29, 0.717) is 0 Å². The minimum Gasteiger partial charge on any atom is -0.497 e. The second-order valence-corrected chi connectivity index (χ2v) is 6.27. The highest BCUT2D eigenvalue weighted by molar-refractivity contribution is 5.91. The van der Waals surface area contributed by atoms with Crippen LogP contribution in [0, 0.1) is 0 Å². The zero-order valence-corrected chi connectivity index (χ0v) is 14.8. The number of para-hydroxylation sites is 1. The molecule has 0 saturated heterocycles. The Hall–Kier alpha value is -3.26. The summed E-state index contributed by atoms with van der Waals surface area (Å²) in [6.45, 7) is 0. The van der Waals surface area contributed by atoms with Gasteiger partial charge in [0.2, 0.25) is 0 Å². The van der Waals surface area contributed by atoms with Gasteiger partial charge in [0.1, 0.15) is 5.75 Å². The fourth-order valence-corrected chi connectivity index (χ4v) is 3.29. The molecule has 1 heterocycles. The van der Waals surface area contributed by atoms with Crippen LogP contribution in [0.15, 0.2) is 84.9 Å². The molecule has 0 aliphatic carbocycles. The molecular formula is C24H21NO. The molecule has 3 aromatic carbocycles. The highest BCUT2D eigenvalue weighted by Crippen LogP contribution is 2.31. The van der Waals surface area contributed by atoms with Crippen molar-refractivity contribution in [1.29, 1.82) is 0 Å². The van der Waals surface area contributed by atoms with Crippen molar-refractivity contribution < 1.29 is 4.74 Å². The van der Waals surface area contributed by atoms with Gasteiger partial charge in [-0.25, -0.2) is 0 Å². The van der Waals surface area contributed by atoms with E-state index in [9.17, 15) is 0 Å². The maximum atomic E-state index is 5.22. The van der Waals surface area contributed by atoms with E-state index in [2.05, 4.69) is 83.9 Å². The first kappa shape index (κ1) is 16.2. The molecule has 0 aliphatic heterocycles. The Morgan fingerprint density at radius 2 is 1.58 bits per heavy atom. The van der Waals surface area contributed by atoms with E-state index >= 15 is 0 Å². The molecule has 0 amide bonds. The third kappa shape index (κ3) is 3.27. The standard InChI is InChI=1S/C24H21NO/c1-26-20-16-14-18(15-17-20)8-7-12-22-21-11-5-6-13-23(21)25-24(22)19-9-3-2-4-10-19/h2-11,13-17,25H,12H2,1H3/b8-7+. The van der Waals surface area contributed by atoms with E-state index in [4.69, 9.17) is 4.74 Å². The van der Waals surface area contributed by atoms with Crippen molar-refractivity contribution >= 4 is 17.0 Å². The van der Waals surface area contributed by atoms with Crippen molar-refractivity contribution in [2.24, 2.45) is 0 Å². The highest BCUT2D eigenvalue weighted by atomic mass is 16.5. The second-order valence-electron chi connectivity index (χ2n) is 6.27. The van der Waals surface area contributed by atoms with Gasteiger partial charge in [-0.2, -0.15) is 0 Å². The molecule has 0 unspecified atom stereocenters. The molecule has 2 heteroatoms. The molecular weight excluding hydrogens is 318 g/mol. The number of benzene rings is 3. The number of ether oxygens (including phenoxy) is 1. The van der Waals surface area contributed by atoms with Crippen molar-refractivity contribution in [3.63, 3.8) is 0 Å². The summed E-state index contributed by atoms with van der Waals surface area (Å²) in [5.74, 6) is 0.880. The molecule has 1 N–H and O–H groups in total. The molecule has 4 rings (SSSR count). The lowest BCUT2D eigenvalue weighted by molar-refractivity contribution is 0.415. The van der Waals surface area contributed by atoms with Crippen molar-refractivity contribution in [3.05, 3.63) is 96.1 Å². The first-order valence-electron chi connectivity index (χ1n) is 8.81. The Balaban J connectivity index is 1.67. The lowest BCUT2D eigenvalue weighted by Gasteiger charge is -2.03. The third-order valence-electron chi connectivity index (χ3n) is 4.62. The zero-order chi connectivity index (χ0) is 17.8. The second kappa shape index (κ2) is 7.32. The van der Waals surface area contributed by atoms with Gasteiger partial charge in [-0.3, -0.25) is 0 Å². The molecule has 0 atom stereocenters. The number of rotatable bonds is 5. The predicted molar refractivity (Wildman–Crippen MR) is 109 cm³/mol. The molecule has 1 aromatic heterocycles. The van der Waals surface area contributed by atoms with Gasteiger partial charge in [0, 0.05) is 10.9 Å². The van der Waals surface area contributed by atoms with E-state index in [1.807, 2.05) is 12.1 Å². The van der Waals surface area contributed by atoms with Crippen molar-refractivity contribution in [2.45, 2.75) is 6.42 Å². The number of fused-ring (bicyclic) bond motifs is 1. The third-order valence-corrected chi connectivity index (χ3v) is 4.62. The first-order valence-corrected chi connectivity index (χ1v) is 8.81. The number of nitrogens with one attached hydrogen (secondary N) is 1. The monoisotopic (exact) mass is 339 g/mol. The van der Waals surface area contributed by atoms with Gasteiger partial charge in [-0.1, -0.05) is 72.8 Å². The molecule has 128 valence electrons. The maximum absolute atomic E-state index is 5.22. The SMILES string of the molecule is COc1ccc(/C=C/Cc2c(-c3ccccc3)[nH]c3ccccc23)cc1. The Kier molecular flexibility index (Phi) is 4.57. The largest absolute Gasteiger partial charge is 0.497 e. The molecule has 0 bridgehead atoms. The van der Waals surface area contributed by atoms with Crippen LogP contribution in [0.4, 0.5) is 0 Å². The molecule has 0 aliphatic rings. The Labute approximate surface area is 153 Å². The molecule has 26 heavy (non-hydrogen) atoms. The molecule has 0 fully saturated rings. The fourth-order valence-electron chi connectivity index (χ4n) is 3.29. The van der Waals surface area contributed by atoms with Gasteiger partial charge >= 0.3 is 0 Å². The lowest BCUT2D eigenvalue weighted by Crippen LogP contribution is -1.86. The number of hydrogen-bond acceptors (Lipinski definition) is 1. The van der Waals surface area contributed by atoms with Crippen LogP contribution in [-0.4, -0.2) is 12.1 Å². The van der Waals surface area contributed by atoms with E-state index in [-0.39, 0.29) is 0 Å². The Morgan fingerprint density at radius 1 is 0.846 bits per heavy atom. The quantitative estimate of drug-likeness (QED) is 0.467. The summed E-state index contributed by atoms with van der Waals surface area (Å²) in [6, 6.07) is 27.1. The van der Waals surface area contributed by atoms with Gasteiger partial charge in [-0.15, -0.1) is 0 Å². The topological polar surface area (TPSA) is 25.0 Å². The average Bonchev–Trinajstić information content (AvgIpc) is 3.08. The number of H-pyrrole nitrogens is 1. The van der Waals surface area contributed by atoms with Crippen LogP contribution in [0.1, 0.15) is 11.1 Å². The lowest BCUT2D eigenvalue weighted by atomic mass is 10.0. The van der Waals surface area contributed by atoms with Gasteiger partial charge in [0.15, 0.2) is 0 Å². The summed E-state index contributed by atoms with van der Waals surface area (Å²) in [5, 5.41) is 1.28. The van der Waals surface area contributed by atoms with Gasteiger partial charge in [0.05, 0.1) is 12.8 Å². The summed E-state index contributed by atoms with van der Waals surface area (Å²) in [6.07, 6.45) is 5.26. The summed E-state index contributed by atoms with van der Waals surface area (Å²) < 4.78 is 5.22. The van der Waals surface area contributed by atoms with Gasteiger partial charge in [-0.05, 0) is 41.3 Å². The molecule has 4 aromatic rings. The number of aromatic amines is 1. The van der Waals surface area contributed by atoms with Gasteiger partial charge in [0.25, 0.3) is 0 Å². The van der Waals surface area contributed by atoms with Crippen LogP contribution in [0.5, 0.6) is 5.75 Å². The smallest absolute Gasteiger partial charge is 0.118 e. The minimum absolute atomic E-state index is 0.875. The molecule has 0 spiro atoms. The summed E-state index contributed by atoms with van der Waals surface area (Å²) in [5.41, 5.74) is 6.10. The minimum atomic E-state index is 0.875. The normalized spacial score (nSPS) is 11.3. The van der Waals surface area contributed by atoms with E-state index in [1.165, 1.54) is 33.3 Å². The predicted octanol–water partition coefficient (Wildman–Crippen LogP) is 6.10. The number of hydrogen-bond donors (Lipinski definition) is 1. The van der Waals surface area contributed by atoms with Crippen molar-refractivity contribution in [3.8, 4) is 17.0 Å². The molecule has 0 radical (unpaired) electrons. The van der Waals surface area contributed by atoms with Crippen LogP contribution >= 0.6 is 0 Å². The van der Waals surface area contributed by atoms with Crippen LogP contribution in [0.25, 0.3) is 28.2 Å². The van der Waals surface area contributed by atoms with E-state index in [0.717, 1.165) is 12.2 Å². The van der Waals surface area contributed by atoms with Crippen LogP contribution in [0.3, 0.4) is 0 Å².